The zero-order chi connectivity index (χ0) is 14.8. The van der Waals surface area contributed by atoms with E-state index in [4.69, 9.17) is 0 Å². The molecule has 0 spiro atoms. The van der Waals surface area contributed by atoms with Crippen LogP contribution in [-0.4, -0.2) is 22.9 Å². The molecule has 3 nitrogen and oxygen atoms in total. The molecule has 3 heteroatoms. The van der Waals surface area contributed by atoms with E-state index >= 15 is 0 Å². The first kappa shape index (κ1) is 14.6. The minimum absolute atomic E-state index is 0.0238. The van der Waals surface area contributed by atoms with Crippen molar-refractivity contribution in [2.45, 2.75) is 64.2 Å². The molecule has 2 fully saturated rings. The van der Waals surface area contributed by atoms with Crippen LogP contribution in [0.4, 0.5) is 0 Å². The summed E-state index contributed by atoms with van der Waals surface area (Å²) in [4.78, 5) is 15.0. The van der Waals surface area contributed by atoms with E-state index in [1.807, 2.05) is 6.07 Å². The van der Waals surface area contributed by atoms with Crippen molar-refractivity contribution in [3.8, 4) is 0 Å². The third-order valence-electron chi connectivity index (χ3n) is 5.14. The lowest BCUT2D eigenvalue weighted by molar-refractivity contribution is -0.134. The van der Waals surface area contributed by atoms with Crippen LogP contribution >= 0.6 is 0 Å². The summed E-state index contributed by atoms with van der Waals surface area (Å²) in [5.41, 5.74) is 1.21. The van der Waals surface area contributed by atoms with Gasteiger partial charge in [0.1, 0.15) is 6.17 Å². The van der Waals surface area contributed by atoms with Crippen LogP contribution in [0.5, 0.6) is 0 Å². The Kier molecular flexibility index (Phi) is 4.29. The second-order valence-electron chi connectivity index (χ2n) is 6.52. The van der Waals surface area contributed by atoms with Gasteiger partial charge in [0.05, 0.1) is 6.04 Å². The third-order valence-corrected chi connectivity index (χ3v) is 5.14. The number of hydrogen-bond acceptors (Lipinski definition) is 2. The van der Waals surface area contributed by atoms with Gasteiger partial charge in [0.25, 0.3) is 0 Å². The zero-order valence-electron chi connectivity index (χ0n) is 13.1. The van der Waals surface area contributed by atoms with Crippen molar-refractivity contribution < 1.29 is 4.79 Å². The molecule has 4 unspecified atom stereocenters. The SMILES string of the molecule is CCC1NC(c2ccccc2)N(C2CCCCC2C)C1=O. The predicted molar refractivity (Wildman–Crippen MR) is 84.7 cm³/mol. The van der Waals surface area contributed by atoms with Gasteiger partial charge in [-0.05, 0) is 30.7 Å². The fourth-order valence-corrected chi connectivity index (χ4v) is 3.90. The molecule has 1 aliphatic carbocycles. The highest BCUT2D eigenvalue weighted by Gasteiger charge is 2.44. The van der Waals surface area contributed by atoms with Crippen LogP contribution in [0.25, 0.3) is 0 Å². The van der Waals surface area contributed by atoms with Crippen molar-refractivity contribution >= 4 is 5.91 Å². The Hall–Kier alpha value is -1.35. The lowest BCUT2D eigenvalue weighted by Gasteiger charge is -2.39. The van der Waals surface area contributed by atoms with Gasteiger partial charge in [0.2, 0.25) is 5.91 Å². The Morgan fingerprint density at radius 3 is 2.57 bits per heavy atom. The molecule has 1 amide bonds. The summed E-state index contributed by atoms with van der Waals surface area (Å²) in [7, 11) is 0. The molecule has 1 aromatic carbocycles. The van der Waals surface area contributed by atoms with Crippen LogP contribution in [-0.2, 0) is 4.79 Å². The molecule has 1 N–H and O–H groups in total. The first-order chi connectivity index (χ1) is 10.2. The second-order valence-corrected chi connectivity index (χ2v) is 6.52. The molecule has 21 heavy (non-hydrogen) atoms. The fourth-order valence-electron chi connectivity index (χ4n) is 3.90. The number of amides is 1. The van der Waals surface area contributed by atoms with Crippen molar-refractivity contribution in [1.29, 1.82) is 0 Å². The zero-order valence-corrected chi connectivity index (χ0v) is 13.1. The van der Waals surface area contributed by atoms with E-state index in [1.54, 1.807) is 0 Å². The standard InChI is InChI=1S/C18H26N2O/c1-3-15-18(21)20(16-12-8-7-9-13(16)2)17(19-15)14-10-5-4-6-11-14/h4-6,10-11,13,15-17,19H,3,7-9,12H2,1-2H3. The molecule has 0 bridgehead atoms. The average Bonchev–Trinajstić information content (AvgIpc) is 2.85. The predicted octanol–water partition coefficient (Wildman–Crippen LogP) is 3.47. The maximum atomic E-state index is 12.8. The smallest absolute Gasteiger partial charge is 0.241 e. The molecule has 0 radical (unpaired) electrons. The van der Waals surface area contributed by atoms with Crippen molar-refractivity contribution in [2.24, 2.45) is 5.92 Å². The molecule has 0 aromatic heterocycles. The van der Waals surface area contributed by atoms with Gasteiger partial charge in [0.15, 0.2) is 0 Å². The summed E-state index contributed by atoms with van der Waals surface area (Å²) in [6, 6.07) is 10.8. The van der Waals surface area contributed by atoms with E-state index in [-0.39, 0.29) is 12.2 Å². The van der Waals surface area contributed by atoms with Crippen molar-refractivity contribution in [3.63, 3.8) is 0 Å². The molecule has 1 heterocycles. The van der Waals surface area contributed by atoms with E-state index in [0.717, 1.165) is 12.8 Å². The maximum absolute atomic E-state index is 12.8. The minimum Gasteiger partial charge on any atom is -0.318 e. The Balaban J connectivity index is 1.91. The van der Waals surface area contributed by atoms with Crippen LogP contribution in [0, 0.1) is 5.92 Å². The van der Waals surface area contributed by atoms with Crippen molar-refractivity contribution in [1.82, 2.24) is 10.2 Å². The van der Waals surface area contributed by atoms with Crippen LogP contribution in [0.2, 0.25) is 0 Å². The molecule has 114 valence electrons. The van der Waals surface area contributed by atoms with Crippen LogP contribution < -0.4 is 5.32 Å². The molecule has 1 saturated carbocycles. The average molecular weight is 286 g/mol. The van der Waals surface area contributed by atoms with E-state index in [1.165, 1.54) is 24.8 Å². The van der Waals surface area contributed by atoms with E-state index in [9.17, 15) is 4.79 Å². The number of carbonyl (C=O) groups excluding carboxylic acids is 1. The molecular weight excluding hydrogens is 260 g/mol. The largest absolute Gasteiger partial charge is 0.318 e. The molecule has 2 aliphatic rings. The number of rotatable bonds is 3. The maximum Gasteiger partial charge on any atom is 0.241 e. The van der Waals surface area contributed by atoms with Gasteiger partial charge < -0.3 is 4.90 Å². The number of hydrogen-bond donors (Lipinski definition) is 1. The summed E-state index contributed by atoms with van der Waals surface area (Å²) in [5, 5.41) is 3.55. The Morgan fingerprint density at radius 2 is 1.90 bits per heavy atom. The van der Waals surface area contributed by atoms with Gasteiger partial charge in [-0.3, -0.25) is 10.1 Å². The fraction of sp³-hybridized carbons (Fsp3) is 0.611. The number of nitrogens with zero attached hydrogens (tertiary/aromatic N) is 1. The van der Waals surface area contributed by atoms with Gasteiger partial charge in [-0.1, -0.05) is 57.0 Å². The lowest BCUT2D eigenvalue weighted by atomic mass is 9.84. The highest BCUT2D eigenvalue weighted by atomic mass is 16.2. The number of benzene rings is 1. The minimum atomic E-state index is -0.0238. The summed E-state index contributed by atoms with van der Waals surface area (Å²) in [6.45, 7) is 4.39. The Labute approximate surface area is 127 Å². The summed E-state index contributed by atoms with van der Waals surface area (Å²) >= 11 is 0. The lowest BCUT2D eigenvalue weighted by Crippen LogP contribution is -2.45. The monoisotopic (exact) mass is 286 g/mol. The van der Waals surface area contributed by atoms with Gasteiger partial charge >= 0.3 is 0 Å². The van der Waals surface area contributed by atoms with Gasteiger partial charge in [-0.15, -0.1) is 0 Å². The first-order valence-corrected chi connectivity index (χ1v) is 8.35. The van der Waals surface area contributed by atoms with E-state index in [0.29, 0.717) is 17.9 Å². The summed E-state index contributed by atoms with van der Waals surface area (Å²) in [6.07, 6.45) is 5.85. The van der Waals surface area contributed by atoms with Crippen LogP contribution in [0.3, 0.4) is 0 Å². The van der Waals surface area contributed by atoms with E-state index < -0.39 is 0 Å². The highest BCUT2D eigenvalue weighted by Crippen LogP contribution is 2.36. The first-order valence-electron chi connectivity index (χ1n) is 8.35. The number of carbonyl (C=O) groups is 1. The van der Waals surface area contributed by atoms with Gasteiger partial charge in [-0.2, -0.15) is 0 Å². The second kappa shape index (κ2) is 6.18. The van der Waals surface area contributed by atoms with E-state index in [2.05, 4.69) is 48.3 Å². The molecule has 3 rings (SSSR count). The summed E-state index contributed by atoms with van der Waals surface area (Å²) in [5.74, 6) is 0.899. The van der Waals surface area contributed by atoms with Crippen LogP contribution in [0.1, 0.15) is 57.7 Å². The third kappa shape index (κ3) is 2.71. The molecular formula is C18H26N2O. The number of nitrogens with one attached hydrogen (secondary N) is 1. The topological polar surface area (TPSA) is 32.3 Å². The summed E-state index contributed by atoms with van der Waals surface area (Å²) < 4.78 is 0. The van der Waals surface area contributed by atoms with Crippen molar-refractivity contribution in [2.75, 3.05) is 0 Å². The quantitative estimate of drug-likeness (QED) is 0.922. The van der Waals surface area contributed by atoms with Gasteiger partial charge in [-0.25, -0.2) is 0 Å². The molecule has 4 atom stereocenters. The molecule has 1 aliphatic heterocycles. The van der Waals surface area contributed by atoms with Gasteiger partial charge in [0, 0.05) is 6.04 Å². The normalized spacial score (nSPS) is 33.4. The Bertz CT molecular complexity index is 487. The van der Waals surface area contributed by atoms with Crippen molar-refractivity contribution in [3.05, 3.63) is 35.9 Å². The Morgan fingerprint density at radius 1 is 1.19 bits per heavy atom. The molecule has 1 saturated heterocycles. The molecule has 1 aromatic rings. The highest BCUT2D eigenvalue weighted by molar-refractivity contribution is 5.84. The van der Waals surface area contributed by atoms with Crippen LogP contribution in [0.15, 0.2) is 30.3 Å².